The van der Waals surface area contributed by atoms with Crippen LogP contribution in [0.25, 0.3) is 0 Å². The standard InChI is InChI=1S/C12H18N2O6/c1-6-2-3-7(4-8(6)14(18)19)13-12-11(17)10(16)9(15)5-20-12/h2-4,9-18H,5H2,1H3/t9-,10-,11+,12+/m1/s1. The topological polar surface area (TPSA) is 130 Å². The highest BCUT2D eigenvalue weighted by atomic mass is 16.8. The summed E-state index contributed by atoms with van der Waals surface area (Å²) in [6.45, 7) is 1.56. The van der Waals surface area contributed by atoms with Gasteiger partial charge in [-0.2, -0.15) is 5.23 Å². The molecular formula is C12H18N2O6. The van der Waals surface area contributed by atoms with E-state index in [1.54, 1.807) is 19.1 Å². The number of benzene rings is 1. The van der Waals surface area contributed by atoms with Crippen molar-refractivity contribution in [2.24, 2.45) is 0 Å². The zero-order valence-electron chi connectivity index (χ0n) is 10.9. The molecule has 1 fully saturated rings. The van der Waals surface area contributed by atoms with Crippen molar-refractivity contribution in [3.05, 3.63) is 29.0 Å². The van der Waals surface area contributed by atoms with Crippen molar-refractivity contribution in [1.29, 1.82) is 0 Å². The number of ether oxygens (including phenoxy) is 1. The zero-order chi connectivity index (χ0) is 14.9. The summed E-state index contributed by atoms with van der Waals surface area (Å²) in [4.78, 5) is 0. The van der Waals surface area contributed by atoms with E-state index in [-0.39, 0.29) is 12.3 Å². The molecule has 1 aliphatic rings. The number of aliphatic hydroxyl groups is 3. The highest BCUT2D eigenvalue weighted by Crippen LogP contribution is 2.21. The summed E-state index contributed by atoms with van der Waals surface area (Å²) in [5.74, 6) is 0. The molecule has 0 saturated carbocycles. The third kappa shape index (κ3) is 3.07. The summed E-state index contributed by atoms with van der Waals surface area (Å²) in [5.41, 5.74) is 1.20. The molecule has 2 rings (SSSR count). The summed E-state index contributed by atoms with van der Waals surface area (Å²) >= 11 is 0. The van der Waals surface area contributed by atoms with Gasteiger partial charge < -0.3 is 30.6 Å². The molecule has 1 unspecified atom stereocenters. The van der Waals surface area contributed by atoms with Gasteiger partial charge in [0.1, 0.15) is 18.3 Å². The highest BCUT2D eigenvalue weighted by Gasteiger charge is 2.37. The van der Waals surface area contributed by atoms with E-state index in [9.17, 15) is 20.5 Å². The molecule has 0 amide bonds. The molecule has 0 bridgehead atoms. The van der Waals surface area contributed by atoms with Crippen molar-refractivity contribution in [3.63, 3.8) is 0 Å². The van der Waals surface area contributed by atoms with Crippen LogP contribution in [-0.4, -0.2) is 51.7 Å². The van der Waals surface area contributed by atoms with Crippen molar-refractivity contribution in [2.45, 2.75) is 31.5 Å². The summed E-state index contributed by atoms with van der Waals surface area (Å²) in [5, 5.41) is 50.5. The summed E-state index contributed by atoms with van der Waals surface area (Å²) in [7, 11) is 0. The second-order valence-corrected chi connectivity index (χ2v) is 4.78. The van der Waals surface area contributed by atoms with Gasteiger partial charge in [0.2, 0.25) is 0 Å². The number of aliphatic hydroxyl groups excluding tert-OH is 3. The third-order valence-corrected chi connectivity index (χ3v) is 3.28. The normalized spacial score (nSPS) is 31.9. The molecule has 1 saturated heterocycles. The van der Waals surface area contributed by atoms with Gasteiger partial charge in [-0.1, -0.05) is 6.07 Å². The lowest BCUT2D eigenvalue weighted by Gasteiger charge is -2.36. The third-order valence-electron chi connectivity index (χ3n) is 3.28. The van der Waals surface area contributed by atoms with Crippen LogP contribution >= 0.6 is 0 Å². The van der Waals surface area contributed by atoms with Crippen molar-refractivity contribution in [3.8, 4) is 0 Å². The summed E-state index contributed by atoms with van der Waals surface area (Å²) in [6.07, 6.45) is -4.69. The van der Waals surface area contributed by atoms with E-state index >= 15 is 0 Å². The predicted octanol–water partition coefficient (Wildman–Crippen LogP) is -1.75. The first-order valence-electron chi connectivity index (χ1n) is 6.16. The van der Waals surface area contributed by atoms with Gasteiger partial charge in [0, 0.05) is 17.3 Å². The predicted molar refractivity (Wildman–Crippen MR) is 68.3 cm³/mol. The first kappa shape index (κ1) is 15.1. The Morgan fingerprint density at radius 3 is 2.65 bits per heavy atom. The Kier molecular flexibility index (Phi) is 4.55. The van der Waals surface area contributed by atoms with Crippen molar-refractivity contribution < 1.29 is 30.5 Å². The monoisotopic (exact) mass is 286 g/mol. The SMILES string of the molecule is Cc1ccc(N[C@H]2OC[C@@H](O)[C@@H](O)[C@@H]2O)cc1[NH+]([O-])O. The molecule has 1 aromatic carbocycles. The number of quaternary nitrogens is 1. The maximum absolute atomic E-state index is 11.0. The fraction of sp³-hybridized carbons (Fsp3) is 0.500. The Bertz CT molecular complexity index is 469. The van der Waals surface area contributed by atoms with Gasteiger partial charge in [0.15, 0.2) is 11.9 Å². The van der Waals surface area contributed by atoms with Crippen LogP contribution in [0.1, 0.15) is 5.56 Å². The van der Waals surface area contributed by atoms with Crippen LogP contribution < -0.4 is 10.5 Å². The summed E-state index contributed by atoms with van der Waals surface area (Å²) < 4.78 is 5.19. The molecule has 8 nitrogen and oxygen atoms in total. The van der Waals surface area contributed by atoms with E-state index in [0.717, 1.165) is 0 Å². The lowest BCUT2D eigenvalue weighted by molar-refractivity contribution is -0.991. The van der Waals surface area contributed by atoms with E-state index < -0.39 is 29.8 Å². The van der Waals surface area contributed by atoms with Crippen molar-refractivity contribution >= 4 is 11.4 Å². The Morgan fingerprint density at radius 2 is 2.00 bits per heavy atom. The van der Waals surface area contributed by atoms with Gasteiger partial charge >= 0.3 is 0 Å². The number of hydrogen-bond donors (Lipinski definition) is 6. The zero-order valence-corrected chi connectivity index (χ0v) is 10.9. The maximum atomic E-state index is 11.0. The van der Waals surface area contributed by atoms with Gasteiger partial charge in [0.25, 0.3) is 0 Å². The van der Waals surface area contributed by atoms with Crippen LogP contribution in [0, 0.1) is 12.1 Å². The second kappa shape index (κ2) is 6.02. The fourth-order valence-electron chi connectivity index (χ4n) is 2.04. The van der Waals surface area contributed by atoms with Gasteiger partial charge in [-0.25, -0.2) is 5.21 Å². The van der Waals surface area contributed by atoms with Crippen molar-refractivity contribution in [1.82, 2.24) is 0 Å². The van der Waals surface area contributed by atoms with E-state index in [2.05, 4.69) is 5.32 Å². The molecule has 20 heavy (non-hydrogen) atoms. The minimum absolute atomic E-state index is 0.118. The van der Waals surface area contributed by atoms with Gasteiger partial charge in [-0.15, -0.1) is 0 Å². The lowest BCUT2D eigenvalue weighted by Crippen LogP contribution is -2.99. The Morgan fingerprint density at radius 1 is 1.30 bits per heavy atom. The first-order valence-corrected chi connectivity index (χ1v) is 6.16. The maximum Gasteiger partial charge on any atom is 0.168 e. The average molecular weight is 286 g/mol. The molecule has 0 aliphatic carbocycles. The molecule has 0 aromatic heterocycles. The quantitative estimate of drug-likeness (QED) is 0.363. The number of hydrogen-bond acceptors (Lipinski definition) is 7. The van der Waals surface area contributed by atoms with Crippen LogP contribution in [0.5, 0.6) is 0 Å². The molecule has 5 atom stereocenters. The van der Waals surface area contributed by atoms with E-state index in [1.807, 2.05) is 0 Å². The van der Waals surface area contributed by atoms with E-state index in [0.29, 0.717) is 11.3 Å². The molecule has 8 heteroatoms. The van der Waals surface area contributed by atoms with Gasteiger partial charge in [-0.3, -0.25) is 0 Å². The average Bonchev–Trinajstić information content (AvgIpc) is 2.41. The molecule has 112 valence electrons. The first-order chi connectivity index (χ1) is 9.40. The Balaban J connectivity index is 2.12. The van der Waals surface area contributed by atoms with E-state index in [4.69, 9.17) is 9.94 Å². The fourth-order valence-corrected chi connectivity index (χ4v) is 2.04. The highest BCUT2D eigenvalue weighted by molar-refractivity contribution is 5.55. The van der Waals surface area contributed by atoms with Gasteiger partial charge in [0.05, 0.1) is 6.61 Å². The smallest absolute Gasteiger partial charge is 0.168 e. The van der Waals surface area contributed by atoms with Crippen LogP contribution in [-0.2, 0) is 4.74 Å². The van der Waals surface area contributed by atoms with Crippen LogP contribution in [0.4, 0.5) is 11.4 Å². The number of nitrogens with one attached hydrogen (secondary N) is 2. The molecular weight excluding hydrogens is 268 g/mol. The lowest BCUT2D eigenvalue weighted by atomic mass is 10.0. The molecule has 6 N–H and O–H groups in total. The van der Waals surface area contributed by atoms with E-state index in [1.165, 1.54) is 6.07 Å². The molecule has 1 aliphatic heterocycles. The minimum Gasteiger partial charge on any atom is -0.595 e. The van der Waals surface area contributed by atoms with Gasteiger partial charge in [-0.05, 0) is 13.0 Å². The van der Waals surface area contributed by atoms with Crippen LogP contribution in [0.3, 0.4) is 0 Å². The Labute approximate surface area is 115 Å². The second-order valence-electron chi connectivity index (χ2n) is 4.78. The minimum atomic E-state index is -1.31. The number of anilines is 1. The number of aryl methyl sites for hydroxylation is 1. The molecule has 1 aromatic rings. The largest absolute Gasteiger partial charge is 0.595 e. The van der Waals surface area contributed by atoms with Crippen LogP contribution in [0.2, 0.25) is 0 Å². The van der Waals surface area contributed by atoms with Crippen molar-refractivity contribution in [2.75, 3.05) is 11.9 Å². The molecule has 0 radical (unpaired) electrons. The molecule has 0 spiro atoms. The number of rotatable bonds is 3. The Hall–Kier alpha value is -1.26. The molecule has 1 heterocycles. The van der Waals surface area contributed by atoms with Crippen LogP contribution in [0.15, 0.2) is 18.2 Å². The summed E-state index contributed by atoms with van der Waals surface area (Å²) in [6, 6.07) is 4.70.